The molecule has 0 amide bonds. The van der Waals surface area contributed by atoms with E-state index in [1.165, 1.54) is 36.4 Å². The maximum Gasteiger partial charge on any atom is 0.573 e. The molecule has 0 atom stereocenters. The first-order chi connectivity index (χ1) is 8.87. The lowest BCUT2D eigenvalue weighted by Crippen LogP contribution is -2.17. The van der Waals surface area contributed by atoms with E-state index in [0.29, 0.717) is 0 Å². The quantitative estimate of drug-likeness (QED) is 0.525. The third-order valence-corrected chi connectivity index (χ3v) is 3.00. The fourth-order valence-electron chi connectivity index (χ4n) is 1.61. The van der Waals surface area contributed by atoms with Gasteiger partial charge in [-0.05, 0) is 46.9 Å². The fourth-order valence-corrected chi connectivity index (χ4v) is 2.10. The zero-order valence-corrected chi connectivity index (χ0v) is 11.5. The number of ether oxygens (including phenoxy) is 1. The van der Waals surface area contributed by atoms with Crippen LogP contribution in [0.2, 0.25) is 0 Å². The topological polar surface area (TPSA) is 9.23 Å². The van der Waals surface area contributed by atoms with E-state index in [4.69, 9.17) is 0 Å². The van der Waals surface area contributed by atoms with Crippen molar-refractivity contribution in [2.45, 2.75) is 6.36 Å². The van der Waals surface area contributed by atoms with Crippen LogP contribution in [0.15, 0.2) is 42.5 Å². The number of hydrogen-bond donors (Lipinski definition) is 0. The molecule has 0 fully saturated rings. The molecule has 0 aromatic heterocycles. The molecule has 1 nitrogen and oxygen atoms in total. The molecule has 0 spiro atoms. The molecule has 0 saturated carbocycles. The monoisotopic (exact) mass is 382 g/mol. The molecule has 0 N–H and O–H groups in total. The van der Waals surface area contributed by atoms with E-state index in [-0.39, 0.29) is 11.1 Å². The Morgan fingerprint density at radius 1 is 0.947 bits per heavy atom. The second-order valence-corrected chi connectivity index (χ2v) is 4.91. The molecule has 0 bridgehead atoms. The average molecular weight is 382 g/mol. The van der Waals surface area contributed by atoms with Gasteiger partial charge in [0.1, 0.15) is 11.6 Å². The number of benzene rings is 2. The summed E-state index contributed by atoms with van der Waals surface area (Å²) in [5.41, 5.74) is 0.141. The van der Waals surface area contributed by atoms with E-state index in [1.54, 1.807) is 0 Å². The molecule has 0 radical (unpaired) electrons. The largest absolute Gasteiger partial charge is 0.573 e. The number of para-hydroxylation sites is 1. The Kier molecular flexibility index (Phi) is 3.98. The van der Waals surface area contributed by atoms with Gasteiger partial charge in [0.15, 0.2) is 0 Å². The highest BCUT2D eigenvalue weighted by Crippen LogP contribution is 2.35. The SMILES string of the molecule is Fc1ccc(I)cc1-c1ccccc1OC(F)(F)F. The predicted octanol–water partition coefficient (Wildman–Crippen LogP) is 5.00. The van der Waals surface area contributed by atoms with Crippen LogP contribution >= 0.6 is 22.6 Å². The first-order valence-corrected chi connectivity index (χ1v) is 6.25. The zero-order valence-electron chi connectivity index (χ0n) is 9.34. The second kappa shape index (κ2) is 5.36. The summed E-state index contributed by atoms with van der Waals surface area (Å²) >= 11 is 1.96. The van der Waals surface area contributed by atoms with Gasteiger partial charge in [-0.3, -0.25) is 0 Å². The lowest BCUT2D eigenvalue weighted by molar-refractivity contribution is -0.274. The van der Waals surface area contributed by atoms with Gasteiger partial charge in [-0.25, -0.2) is 4.39 Å². The van der Waals surface area contributed by atoms with Crippen LogP contribution in [-0.2, 0) is 0 Å². The fraction of sp³-hybridized carbons (Fsp3) is 0.0769. The molecule has 0 heterocycles. The van der Waals surface area contributed by atoms with Crippen LogP contribution in [0, 0.1) is 9.39 Å². The van der Waals surface area contributed by atoms with Gasteiger partial charge in [-0.1, -0.05) is 18.2 Å². The van der Waals surface area contributed by atoms with Crippen LogP contribution in [0.5, 0.6) is 5.75 Å². The molecule has 19 heavy (non-hydrogen) atoms. The number of rotatable bonds is 2. The van der Waals surface area contributed by atoms with Gasteiger partial charge in [-0.2, -0.15) is 0 Å². The first kappa shape index (κ1) is 14.1. The van der Waals surface area contributed by atoms with E-state index >= 15 is 0 Å². The first-order valence-electron chi connectivity index (χ1n) is 5.17. The summed E-state index contributed by atoms with van der Waals surface area (Å²) in [4.78, 5) is 0. The van der Waals surface area contributed by atoms with E-state index in [1.807, 2.05) is 22.6 Å². The molecule has 0 saturated heterocycles. The molecule has 0 aliphatic rings. The molecule has 0 unspecified atom stereocenters. The molecule has 2 aromatic rings. The average Bonchev–Trinajstić information content (AvgIpc) is 2.31. The smallest absolute Gasteiger partial charge is 0.405 e. The van der Waals surface area contributed by atoms with Crippen molar-refractivity contribution in [2.24, 2.45) is 0 Å². The summed E-state index contributed by atoms with van der Waals surface area (Å²) in [6.07, 6.45) is -4.81. The van der Waals surface area contributed by atoms with Gasteiger partial charge in [0.2, 0.25) is 0 Å². The molecule has 2 rings (SSSR count). The third kappa shape index (κ3) is 3.59. The molecule has 6 heteroatoms. The van der Waals surface area contributed by atoms with Crippen LogP contribution in [0.3, 0.4) is 0 Å². The molecule has 100 valence electrons. The second-order valence-electron chi connectivity index (χ2n) is 3.67. The molecule has 2 aromatic carbocycles. The summed E-state index contributed by atoms with van der Waals surface area (Å²) in [7, 11) is 0. The van der Waals surface area contributed by atoms with Crippen molar-refractivity contribution in [3.8, 4) is 16.9 Å². The van der Waals surface area contributed by atoms with Crippen molar-refractivity contribution in [3.05, 3.63) is 51.9 Å². The van der Waals surface area contributed by atoms with Gasteiger partial charge in [0.05, 0.1) is 0 Å². The summed E-state index contributed by atoms with van der Waals surface area (Å²) < 4.78 is 55.3. The van der Waals surface area contributed by atoms with E-state index in [9.17, 15) is 17.6 Å². The van der Waals surface area contributed by atoms with Crippen LogP contribution in [0.4, 0.5) is 17.6 Å². The Morgan fingerprint density at radius 2 is 1.63 bits per heavy atom. The highest BCUT2D eigenvalue weighted by molar-refractivity contribution is 14.1. The van der Waals surface area contributed by atoms with Crippen molar-refractivity contribution in [1.29, 1.82) is 0 Å². The molecular weight excluding hydrogens is 375 g/mol. The van der Waals surface area contributed by atoms with E-state index in [0.717, 1.165) is 9.64 Å². The van der Waals surface area contributed by atoms with Crippen molar-refractivity contribution in [2.75, 3.05) is 0 Å². The van der Waals surface area contributed by atoms with Crippen LogP contribution < -0.4 is 4.74 Å². The van der Waals surface area contributed by atoms with Gasteiger partial charge < -0.3 is 4.74 Å². The van der Waals surface area contributed by atoms with Crippen LogP contribution in [0.25, 0.3) is 11.1 Å². The number of alkyl halides is 3. The molecular formula is C13H7F4IO. The zero-order chi connectivity index (χ0) is 14.0. The highest BCUT2D eigenvalue weighted by atomic mass is 127. The minimum atomic E-state index is -4.81. The van der Waals surface area contributed by atoms with Gasteiger partial charge in [0, 0.05) is 14.7 Å². The Hall–Kier alpha value is -1.31. The molecule has 0 aliphatic heterocycles. The minimum Gasteiger partial charge on any atom is -0.405 e. The van der Waals surface area contributed by atoms with E-state index in [2.05, 4.69) is 4.74 Å². The van der Waals surface area contributed by atoms with Gasteiger partial charge in [-0.15, -0.1) is 13.2 Å². The standard InChI is InChI=1S/C13H7F4IO/c14-11-6-5-8(18)7-10(11)9-3-1-2-4-12(9)19-13(15,16)17/h1-7H. The summed E-state index contributed by atoms with van der Waals surface area (Å²) in [6.45, 7) is 0. The number of hydrogen-bond acceptors (Lipinski definition) is 1. The Morgan fingerprint density at radius 3 is 2.32 bits per heavy atom. The van der Waals surface area contributed by atoms with Gasteiger partial charge in [0.25, 0.3) is 0 Å². The van der Waals surface area contributed by atoms with Crippen LogP contribution in [0.1, 0.15) is 0 Å². The third-order valence-electron chi connectivity index (χ3n) is 2.33. The minimum absolute atomic E-state index is 0.0656. The lowest BCUT2D eigenvalue weighted by Gasteiger charge is -2.13. The number of halogens is 5. The van der Waals surface area contributed by atoms with Crippen molar-refractivity contribution in [1.82, 2.24) is 0 Å². The lowest BCUT2D eigenvalue weighted by atomic mass is 10.0. The summed E-state index contributed by atoms with van der Waals surface area (Å²) in [5.74, 6) is -1.02. The Labute approximate surface area is 120 Å². The Balaban J connectivity index is 2.53. The summed E-state index contributed by atoms with van der Waals surface area (Å²) in [6, 6.07) is 9.68. The molecule has 0 aliphatic carbocycles. The van der Waals surface area contributed by atoms with E-state index < -0.39 is 17.9 Å². The predicted molar refractivity (Wildman–Crippen MR) is 71.2 cm³/mol. The van der Waals surface area contributed by atoms with Crippen molar-refractivity contribution in [3.63, 3.8) is 0 Å². The highest BCUT2D eigenvalue weighted by Gasteiger charge is 2.32. The normalized spacial score (nSPS) is 11.4. The van der Waals surface area contributed by atoms with Crippen molar-refractivity contribution >= 4 is 22.6 Å². The Bertz CT molecular complexity index is 595. The summed E-state index contributed by atoms with van der Waals surface area (Å²) in [5, 5.41) is 0. The van der Waals surface area contributed by atoms with Crippen molar-refractivity contribution < 1.29 is 22.3 Å². The van der Waals surface area contributed by atoms with Crippen LogP contribution in [-0.4, -0.2) is 6.36 Å². The van der Waals surface area contributed by atoms with Gasteiger partial charge >= 0.3 is 6.36 Å². The maximum absolute atomic E-state index is 13.7. The maximum atomic E-state index is 13.7.